The van der Waals surface area contributed by atoms with Crippen LogP contribution in [0, 0.1) is 0 Å². The third kappa shape index (κ3) is 2.77. The van der Waals surface area contributed by atoms with Crippen LogP contribution in [0.4, 0.5) is 17.1 Å². The van der Waals surface area contributed by atoms with Gasteiger partial charge in [0.25, 0.3) is 11.8 Å². The van der Waals surface area contributed by atoms with E-state index in [4.69, 9.17) is 10.8 Å². The zero-order valence-electron chi connectivity index (χ0n) is 13.1. The van der Waals surface area contributed by atoms with Crippen molar-refractivity contribution in [2.45, 2.75) is 12.5 Å². The number of para-hydroxylation sites is 3. The van der Waals surface area contributed by atoms with Crippen molar-refractivity contribution in [3.8, 4) is 0 Å². The van der Waals surface area contributed by atoms with Crippen LogP contribution in [0.25, 0.3) is 0 Å². The van der Waals surface area contributed by atoms with Crippen LogP contribution in [-0.4, -0.2) is 36.1 Å². The third-order valence-electron chi connectivity index (χ3n) is 3.99. The number of nitrogens with two attached hydrogens (primary N) is 1. The Morgan fingerprint density at radius 1 is 0.917 bits per heavy atom. The molecule has 0 radical (unpaired) electrons. The lowest BCUT2D eigenvalue weighted by Crippen LogP contribution is -2.50. The summed E-state index contributed by atoms with van der Waals surface area (Å²) in [7, 11) is 0. The highest BCUT2D eigenvalue weighted by Crippen LogP contribution is 2.37. The number of aliphatic hydroxyl groups excluding tert-OH is 1. The summed E-state index contributed by atoms with van der Waals surface area (Å²) in [6.45, 7) is 0.257. The second-order valence-corrected chi connectivity index (χ2v) is 5.54. The van der Waals surface area contributed by atoms with Crippen LogP contribution in [0.15, 0.2) is 54.6 Å². The molecule has 6 heteroatoms. The number of fused-ring (bicyclic) bond motifs is 1. The summed E-state index contributed by atoms with van der Waals surface area (Å²) in [5.41, 5.74) is 7.82. The Bertz CT molecular complexity index is 748. The minimum absolute atomic E-state index is 0.0441. The topological polar surface area (TPSA) is 86.9 Å². The molecule has 1 aliphatic heterocycles. The first-order valence-electron chi connectivity index (χ1n) is 7.81. The SMILES string of the molecule is NC1C(=O)N(CCCO)c2ccccc2N(c2ccccc2)C1=O. The predicted octanol–water partition coefficient (Wildman–Crippen LogP) is 1.41. The van der Waals surface area contributed by atoms with E-state index in [9.17, 15) is 9.59 Å². The average molecular weight is 325 g/mol. The van der Waals surface area contributed by atoms with Crippen molar-refractivity contribution in [3.63, 3.8) is 0 Å². The first-order valence-corrected chi connectivity index (χ1v) is 7.81. The molecular weight excluding hydrogens is 306 g/mol. The van der Waals surface area contributed by atoms with Gasteiger partial charge >= 0.3 is 0 Å². The molecule has 0 aliphatic carbocycles. The van der Waals surface area contributed by atoms with Crippen molar-refractivity contribution in [2.75, 3.05) is 23.0 Å². The Balaban J connectivity index is 2.16. The van der Waals surface area contributed by atoms with Crippen LogP contribution in [-0.2, 0) is 9.59 Å². The highest BCUT2D eigenvalue weighted by atomic mass is 16.3. The highest BCUT2D eigenvalue weighted by Gasteiger charge is 2.38. The molecule has 0 saturated carbocycles. The molecule has 0 saturated heterocycles. The van der Waals surface area contributed by atoms with E-state index in [0.717, 1.165) is 0 Å². The number of hydrogen-bond acceptors (Lipinski definition) is 4. The number of carbonyl (C=O) groups is 2. The van der Waals surface area contributed by atoms with Crippen molar-refractivity contribution in [1.82, 2.24) is 0 Å². The van der Waals surface area contributed by atoms with E-state index in [-0.39, 0.29) is 6.61 Å². The van der Waals surface area contributed by atoms with Crippen LogP contribution in [0.2, 0.25) is 0 Å². The molecular formula is C18H19N3O3. The number of aliphatic hydroxyl groups is 1. The third-order valence-corrected chi connectivity index (χ3v) is 3.99. The van der Waals surface area contributed by atoms with Gasteiger partial charge in [-0.15, -0.1) is 0 Å². The molecule has 0 spiro atoms. The van der Waals surface area contributed by atoms with E-state index in [1.54, 1.807) is 24.3 Å². The first kappa shape index (κ1) is 16.2. The van der Waals surface area contributed by atoms with Gasteiger partial charge in [0, 0.05) is 18.8 Å². The maximum Gasteiger partial charge on any atom is 0.258 e. The molecule has 1 unspecified atom stereocenters. The molecule has 0 fully saturated rings. The smallest absolute Gasteiger partial charge is 0.258 e. The number of rotatable bonds is 4. The zero-order chi connectivity index (χ0) is 17.1. The predicted molar refractivity (Wildman–Crippen MR) is 92.1 cm³/mol. The summed E-state index contributed by atoms with van der Waals surface area (Å²) in [4.78, 5) is 28.5. The molecule has 2 amide bonds. The second-order valence-electron chi connectivity index (χ2n) is 5.54. The molecule has 3 N–H and O–H groups in total. The Morgan fingerprint density at radius 2 is 1.54 bits per heavy atom. The summed E-state index contributed by atoms with van der Waals surface area (Å²) < 4.78 is 0. The van der Waals surface area contributed by atoms with Crippen LogP contribution < -0.4 is 15.5 Å². The monoisotopic (exact) mass is 325 g/mol. The molecule has 2 aromatic carbocycles. The average Bonchev–Trinajstić information content (AvgIpc) is 2.70. The van der Waals surface area contributed by atoms with Crippen molar-refractivity contribution >= 4 is 28.9 Å². The lowest BCUT2D eigenvalue weighted by Gasteiger charge is -2.25. The van der Waals surface area contributed by atoms with Gasteiger partial charge in [0.1, 0.15) is 0 Å². The van der Waals surface area contributed by atoms with E-state index >= 15 is 0 Å². The van der Waals surface area contributed by atoms with Gasteiger partial charge in [0.15, 0.2) is 6.04 Å². The summed E-state index contributed by atoms with van der Waals surface area (Å²) >= 11 is 0. The van der Waals surface area contributed by atoms with E-state index in [2.05, 4.69) is 0 Å². The minimum atomic E-state index is -1.28. The lowest BCUT2D eigenvalue weighted by atomic mass is 10.2. The van der Waals surface area contributed by atoms with Gasteiger partial charge in [0.05, 0.1) is 11.4 Å². The highest BCUT2D eigenvalue weighted by molar-refractivity contribution is 6.22. The van der Waals surface area contributed by atoms with Gasteiger partial charge in [-0.1, -0.05) is 30.3 Å². The van der Waals surface area contributed by atoms with Crippen molar-refractivity contribution in [2.24, 2.45) is 5.73 Å². The maximum absolute atomic E-state index is 12.8. The standard InChI is InChI=1S/C18H19N3O3/c19-16-17(23)20(11-6-12-22)14-9-4-5-10-15(14)21(18(16)24)13-7-2-1-3-8-13/h1-5,7-10,16,22H,6,11-12,19H2. The van der Waals surface area contributed by atoms with Gasteiger partial charge in [0.2, 0.25) is 0 Å². The minimum Gasteiger partial charge on any atom is -0.396 e. The van der Waals surface area contributed by atoms with Gasteiger partial charge in [-0.05, 0) is 30.7 Å². The number of nitrogens with zero attached hydrogens (tertiary/aromatic N) is 2. The Hall–Kier alpha value is -2.70. The molecule has 0 aromatic heterocycles. The molecule has 6 nitrogen and oxygen atoms in total. The van der Waals surface area contributed by atoms with Crippen LogP contribution in [0.5, 0.6) is 0 Å². The quantitative estimate of drug-likeness (QED) is 0.832. The van der Waals surface area contributed by atoms with Crippen LogP contribution in [0.1, 0.15) is 6.42 Å². The maximum atomic E-state index is 12.8. The fourth-order valence-corrected chi connectivity index (χ4v) is 2.83. The normalized spacial score (nSPS) is 17.7. The zero-order valence-corrected chi connectivity index (χ0v) is 13.1. The summed E-state index contributed by atoms with van der Waals surface area (Å²) in [6, 6.07) is 15.0. The van der Waals surface area contributed by atoms with Gasteiger partial charge in [-0.25, -0.2) is 0 Å². The number of benzene rings is 2. The molecule has 1 aliphatic rings. The summed E-state index contributed by atoms with van der Waals surface area (Å²) in [6.07, 6.45) is 0.409. The van der Waals surface area contributed by atoms with E-state index in [0.29, 0.717) is 30.0 Å². The number of anilines is 3. The first-order chi connectivity index (χ1) is 11.6. The molecule has 124 valence electrons. The van der Waals surface area contributed by atoms with Crippen molar-refractivity contribution in [1.29, 1.82) is 0 Å². The lowest BCUT2D eigenvalue weighted by molar-refractivity contribution is -0.127. The van der Waals surface area contributed by atoms with Gasteiger partial charge in [-0.2, -0.15) is 0 Å². The molecule has 3 rings (SSSR count). The van der Waals surface area contributed by atoms with E-state index in [1.165, 1.54) is 9.80 Å². The number of amides is 2. The van der Waals surface area contributed by atoms with Gasteiger partial charge in [-0.3, -0.25) is 14.5 Å². The Kier molecular flexibility index (Phi) is 4.59. The Labute approximate surface area is 140 Å². The largest absolute Gasteiger partial charge is 0.396 e. The fourth-order valence-electron chi connectivity index (χ4n) is 2.83. The Morgan fingerprint density at radius 3 is 2.21 bits per heavy atom. The molecule has 1 atom stereocenters. The number of hydrogen-bond donors (Lipinski definition) is 2. The second kappa shape index (κ2) is 6.82. The molecule has 0 bridgehead atoms. The van der Waals surface area contributed by atoms with Crippen LogP contribution in [0.3, 0.4) is 0 Å². The van der Waals surface area contributed by atoms with Crippen molar-refractivity contribution in [3.05, 3.63) is 54.6 Å². The fraction of sp³-hybridized carbons (Fsp3) is 0.222. The van der Waals surface area contributed by atoms with E-state index in [1.807, 2.05) is 30.3 Å². The summed E-state index contributed by atoms with van der Waals surface area (Å²) in [5, 5.41) is 9.10. The molecule has 24 heavy (non-hydrogen) atoms. The van der Waals surface area contributed by atoms with Crippen LogP contribution >= 0.6 is 0 Å². The van der Waals surface area contributed by atoms with Gasteiger partial charge < -0.3 is 15.7 Å². The molecule has 2 aromatic rings. The molecule has 1 heterocycles. The summed E-state index contributed by atoms with van der Waals surface area (Å²) in [5.74, 6) is -0.926. The van der Waals surface area contributed by atoms with E-state index < -0.39 is 17.9 Å². The number of carbonyl (C=O) groups excluding carboxylic acids is 2. The van der Waals surface area contributed by atoms with Crippen molar-refractivity contribution < 1.29 is 14.7 Å².